The zero-order valence-corrected chi connectivity index (χ0v) is 15.4. The van der Waals surface area contributed by atoms with Gasteiger partial charge in [0, 0.05) is 13.4 Å². The molecule has 2 aromatic carbocycles. The number of para-hydroxylation sites is 1. The first-order valence-electron chi connectivity index (χ1n) is 5.40. The van der Waals surface area contributed by atoms with Crippen molar-refractivity contribution in [2.75, 3.05) is 11.1 Å². The Kier molecular flexibility index (Phi) is 5.12. The fourth-order valence-electron chi connectivity index (χ4n) is 1.58. The van der Waals surface area contributed by atoms with Gasteiger partial charge in [0.15, 0.2) is 0 Å². The molecule has 0 radical (unpaired) electrons. The summed E-state index contributed by atoms with van der Waals surface area (Å²) in [5, 5.41) is 3.15. The maximum absolute atomic E-state index is 12.3. The van der Waals surface area contributed by atoms with Gasteiger partial charge in [0.05, 0.1) is 22.0 Å². The van der Waals surface area contributed by atoms with E-state index in [-0.39, 0.29) is 11.6 Å². The average Bonchev–Trinajstić information content (AvgIpc) is 2.36. The van der Waals surface area contributed by atoms with E-state index in [4.69, 9.17) is 17.3 Å². The Balaban J connectivity index is 2.36. The van der Waals surface area contributed by atoms with E-state index in [1.165, 1.54) is 0 Å². The predicted molar refractivity (Wildman–Crippen MR) is 93.4 cm³/mol. The molecule has 0 heterocycles. The first-order valence-corrected chi connectivity index (χ1v) is 8.15. The summed E-state index contributed by atoms with van der Waals surface area (Å²) < 4.78 is 2.37. The van der Waals surface area contributed by atoms with Gasteiger partial charge in [0.25, 0.3) is 5.91 Å². The van der Waals surface area contributed by atoms with Crippen LogP contribution in [-0.4, -0.2) is 5.91 Å². The lowest BCUT2D eigenvalue weighted by molar-refractivity contribution is 0.102. The summed E-state index contributed by atoms with van der Waals surface area (Å²) in [5.74, 6) is -0.325. The van der Waals surface area contributed by atoms with Gasteiger partial charge in [-0.15, -0.1) is 0 Å². The van der Waals surface area contributed by atoms with Crippen molar-refractivity contribution in [2.24, 2.45) is 0 Å². The number of halogens is 4. The van der Waals surface area contributed by atoms with Gasteiger partial charge in [-0.3, -0.25) is 4.79 Å². The number of carbonyl (C=O) groups is 1. The first-order chi connectivity index (χ1) is 9.40. The number of carbonyl (C=O) groups excluding carboxylic acids is 1. The Labute approximate surface area is 146 Å². The van der Waals surface area contributed by atoms with Crippen molar-refractivity contribution >= 4 is 76.7 Å². The summed E-state index contributed by atoms with van der Waals surface area (Å²) in [7, 11) is 0. The van der Waals surface area contributed by atoms with E-state index in [0.717, 1.165) is 13.4 Å². The normalized spacial score (nSPS) is 10.4. The van der Waals surface area contributed by atoms with E-state index < -0.39 is 0 Å². The van der Waals surface area contributed by atoms with E-state index >= 15 is 0 Å². The van der Waals surface area contributed by atoms with Gasteiger partial charge in [0.1, 0.15) is 0 Å². The van der Waals surface area contributed by atoms with Crippen LogP contribution < -0.4 is 11.1 Å². The smallest absolute Gasteiger partial charge is 0.257 e. The molecule has 0 bridgehead atoms. The number of hydrogen-bond donors (Lipinski definition) is 2. The number of rotatable bonds is 2. The number of nitrogen functional groups attached to an aromatic ring is 1. The Morgan fingerprint density at radius 1 is 1.15 bits per heavy atom. The third-order valence-corrected chi connectivity index (χ3v) is 4.58. The highest BCUT2D eigenvalue weighted by atomic mass is 79.9. The van der Waals surface area contributed by atoms with Crippen molar-refractivity contribution < 1.29 is 4.79 Å². The minimum absolute atomic E-state index is 0.260. The quantitative estimate of drug-likeness (QED) is 0.558. The van der Waals surface area contributed by atoms with Crippen molar-refractivity contribution in [2.45, 2.75) is 0 Å². The molecule has 1 amide bonds. The maximum Gasteiger partial charge on any atom is 0.257 e. The molecule has 2 aromatic rings. The molecule has 7 heteroatoms. The number of nitrogens with two attached hydrogens (primary N) is 1. The van der Waals surface area contributed by atoms with Crippen LogP contribution in [-0.2, 0) is 0 Å². The molecule has 0 aliphatic heterocycles. The number of nitrogens with one attached hydrogen (secondary N) is 1. The van der Waals surface area contributed by atoms with E-state index in [9.17, 15) is 4.79 Å². The third-order valence-electron chi connectivity index (χ3n) is 2.54. The summed E-state index contributed by atoms with van der Waals surface area (Å²) in [4.78, 5) is 12.3. The highest BCUT2D eigenvalue weighted by Gasteiger charge is 2.15. The number of benzene rings is 2. The van der Waals surface area contributed by atoms with Crippen molar-refractivity contribution in [1.82, 2.24) is 0 Å². The average molecular weight is 483 g/mol. The zero-order valence-electron chi connectivity index (χ0n) is 9.88. The van der Waals surface area contributed by atoms with Gasteiger partial charge in [0.2, 0.25) is 0 Å². The second-order valence-corrected chi connectivity index (χ2v) is 6.93. The van der Waals surface area contributed by atoms with Crippen molar-refractivity contribution in [1.29, 1.82) is 0 Å². The minimum atomic E-state index is -0.325. The second kappa shape index (κ2) is 6.47. The van der Waals surface area contributed by atoms with E-state index in [2.05, 4.69) is 53.1 Å². The van der Waals surface area contributed by atoms with Gasteiger partial charge in [-0.25, -0.2) is 0 Å². The molecular weight excluding hydrogens is 475 g/mol. The van der Waals surface area contributed by atoms with Crippen molar-refractivity contribution in [3.05, 3.63) is 54.3 Å². The summed E-state index contributed by atoms with van der Waals surface area (Å²) in [5.41, 5.74) is 7.03. The largest absolute Gasteiger partial charge is 0.397 e. The van der Waals surface area contributed by atoms with Gasteiger partial charge in [-0.05, 0) is 56.1 Å². The van der Waals surface area contributed by atoms with Crippen LogP contribution in [0.2, 0.25) is 5.02 Å². The van der Waals surface area contributed by atoms with Crippen LogP contribution in [0.3, 0.4) is 0 Å². The van der Waals surface area contributed by atoms with E-state index in [1.807, 2.05) is 12.1 Å². The van der Waals surface area contributed by atoms with Crippen LogP contribution in [0.15, 0.2) is 43.7 Å². The van der Waals surface area contributed by atoms with Crippen LogP contribution in [0.1, 0.15) is 10.4 Å². The predicted octanol–water partition coefficient (Wildman–Crippen LogP) is 5.46. The Morgan fingerprint density at radius 2 is 1.75 bits per heavy atom. The lowest BCUT2D eigenvalue weighted by atomic mass is 10.1. The Morgan fingerprint density at radius 3 is 2.35 bits per heavy atom. The van der Waals surface area contributed by atoms with Gasteiger partial charge in [-0.2, -0.15) is 0 Å². The highest BCUT2D eigenvalue weighted by molar-refractivity contribution is 9.11. The summed E-state index contributed by atoms with van der Waals surface area (Å²) >= 11 is 16.1. The van der Waals surface area contributed by atoms with Crippen molar-refractivity contribution in [3.8, 4) is 0 Å². The molecule has 0 atom stereocenters. The third kappa shape index (κ3) is 3.36. The van der Waals surface area contributed by atoms with Crippen LogP contribution in [0, 0.1) is 0 Å². The molecule has 0 saturated heterocycles. The van der Waals surface area contributed by atoms with Gasteiger partial charge < -0.3 is 11.1 Å². The second-order valence-electron chi connectivity index (χ2n) is 3.90. The molecule has 0 unspecified atom stereocenters. The fraction of sp³-hybridized carbons (Fsp3) is 0. The Bertz CT molecular complexity index is 668. The zero-order chi connectivity index (χ0) is 14.9. The lowest BCUT2D eigenvalue weighted by Crippen LogP contribution is -2.15. The molecule has 0 aromatic heterocycles. The topological polar surface area (TPSA) is 55.1 Å². The maximum atomic E-state index is 12.3. The monoisotopic (exact) mass is 480 g/mol. The lowest BCUT2D eigenvalue weighted by Gasteiger charge is -2.12. The molecule has 0 spiro atoms. The molecule has 2 rings (SSSR count). The molecule has 3 N–H and O–H groups in total. The van der Waals surface area contributed by atoms with Gasteiger partial charge in [-0.1, -0.05) is 33.6 Å². The molecular formula is C13H8Br3ClN2O. The van der Waals surface area contributed by atoms with E-state index in [0.29, 0.717) is 16.3 Å². The first kappa shape index (κ1) is 15.8. The van der Waals surface area contributed by atoms with Crippen LogP contribution >= 0.6 is 59.4 Å². The molecule has 20 heavy (non-hydrogen) atoms. The molecule has 0 aliphatic rings. The number of hydrogen-bond acceptors (Lipinski definition) is 2. The summed E-state index contributed by atoms with van der Waals surface area (Å²) in [6.45, 7) is 0. The van der Waals surface area contributed by atoms with E-state index in [1.54, 1.807) is 18.2 Å². The minimum Gasteiger partial charge on any atom is -0.397 e. The van der Waals surface area contributed by atoms with Crippen molar-refractivity contribution in [3.63, 3.8) is 0 Å². The summed E-state index contributed by atoms with van der Waals surface area (Å²) in [6, 6.07) is 8.61. The molecule has 3 nitrogen and oxygen atoms in total. The fourth-order valence-corrected chi connectivity index (χ4v) is 4.21. The van der Waals surface area contributed by atoms with Crippen LogP contribution in [0.5, 0.6) is 0 Å². The molecule has 104 valence electrons. The number of anilines is 2. The van der Waals surface area contributed by atoms with Crippen LogP contribution in [0.25, 0.3) is 0 Å². The molecule has 0 saturated carbocycles. The summed E-state index contributed by atoms with van der Waals surface area (Å²) in [6.07, 6.45) is 0. The standard InChI is InChI=1S/C13H8Br3ClN2O/c14-6-4-8(15)12(9(16)5-6)19-13(20)7-2-1-3-10(17)11(7)18/h1-5H,18H2,(H,19,20). The SMILES string of the molecule is Nc1c(Cl)cccc1C(=O)Nc1c(Br)cc(Br)cc1Br. The van der Waals surface area contributed by atoms with Crippen LogP contribution in [0.4, 0.5) is 11.4 Å². The molecule has 0 fully saturated rings. The van der Waals surface area contributed by atoms with Gasteiger partial charge >= 0.3 is 0 Å². The number of amides is 1. The Hall–Kier alpha value is -0.560. The highest BCUT2D eigenvalue weighted by Crippen LogP contribution is 2.35. The molecule has 0 aliphatic carbocycles.